The van der Waals surface area contributed by atoms with Crippen molar-refractivity contribution in [3.63, 3.8) is 0 Å². The molecule has 3 nitrogen and oxygen atoms in total. The average Bonchev–Trinajstić information content (AvgIpc) is 3.32. The molecular formula is C20H21NO2S. The standard InChI is InChI=1S/C20H21NO2S/c1-23-18(22)20-12-21-10-17(20)19(13-7-9-24-11-13)8-6-16(20)14-4-2-3-5-15(14)19/h2-5,7,9,11,16-17,21H,6,8,10,12H2,1H3. The summed E-state index contributed by atoms with van der Waals surface area (Å²) in [4.78, 5) is 13.0. The molecule has 3 aliphatic carbocycles. The number of ether oxygens (including phenoxy) is 1. The van der Waals surface area contributed by atoms with Crippen LogP contribution in [0.3, 0.4) is 0 Å². The summed E-state index contributed by atoms with van der Waals surface area (Å²) in [7, 11) is 1.54. The van der Waals surface area contributed by atoms with Crippen LogP contribution < -0.4 is 5.32 Å². The normalized spacial score (nSPS) is 36.2. The Labute approximate surface area is 146 Å². The maximum Gasteiger partial charge on any atom is 0.314 e. The highest BCUT2D eigenvalue weighted by molar-refractivity contribution is 7.08. The molecular weight excluding hydrogens is 318 g/mol. The Morgan fingerprint density at radius 2 is 2.21 bits per heavy atom. The summed E-state index contributed by atoms with van der Waals surface area (Å²) in [5.41, 5.74) is 3.68. The van der Waals surface area contributed by atoms with E-state index >= 15 is 0 Å². The Morgan fingerprint density at radius 1 is 1.33 bits per heavy atom. The molecule has 2 heterocycles. The van der Waals surface area contributed by atoms with Gasteiger partial charge in [-0.15, -0.1) is 0 Å². The number of rotatable bonds is 2. The second-order valence-corrected chi connectivity index (χ2v) is 8.16. The van der Waals surface area contributed by atoms with Crippen LogP contribution in [-0.4, -0.2) is 26.2 Å². The largest absolute Gasteiger partial charge is 0.469 e. The molecule has 4 unspecified atom stereocenters. The van der Waals surface area contributed by atoms with E-state index in [-0.39, 0.29) is 23.2 Å². The molecule has 2 fully saturated rings. The molecule has 1 aromatic carbocycles. The lowest BCUT2D eigenvalue weighted by Gasteiger charge is -2.59. The fourth-order valence-electron chi connectivity index (χ4n) is 6.04. The van der Waals surface area contributed by atoms with Crippen LogP contribution in [0.15, 0.2) is 41.1 Å². The molecule has 4 atom stereocenters. The zero-order valence-corrected chi connectivity index (χ0v) is 14.6. The number of thiophene rings is 1. The number of nitrogens with one attached hydrogen (secondary N) is 1. The first-order valence-corrected chi connectivity index (χ1v) is 9.60. The van der Waals surface area contributed by atoms with Crippen molar-refractivity contribution in [2.45, 2.75) is 24.2 Å². The minimum Gasteiger partial charge on any atom is -0.469 e. The lowest BCUT2D eigenvalue weighted by molar-refractivity contribution is -0.161. The van der Waals surface area contributed by atoms with E-state index in [1.807, 2.05) is 0 Å². The highest BCUT2D eigenvalue weighted by Crippen LogP contribution is 2.68. The zero-order chi connectivity index (χ0) is 16.4. The molecule has 0 radical (unpaired) electrons. The average molecular weight is 339 g/mol. The third kappa shape index (κ3) is 1.50. The molecule has 1 aromatic heterocycles. The van der Waals surface area contributed by atoms with E-state index in [9.17, 15) is 4.79 Å². The highest BCUT2D eigenvalue weighted by Gasteiger charge is 2.69. The van der Waals surface area contributed by atoms with Gasteiger partial charge in [-0.25, -0.2) is 0 Å². The van der Waals surface area contributed by atoms with Gasteiger partial charge in [-0.1, -0.05) is 24.3 Å². The van der Waals surface area contributed by atoms with Crippen LogP contribution in [0.25, 0.3) is 0 Å². The molecule has 0 amide bonds. The number of carbonyl (C=O) groups excluding carboxylic acids is 1. The van der Waals surface area contributed by atoms with E-state index < -0.39 is 5.41 Å². The van der Waals surface area contributed by atoms with Gasteiger partial charge < -0.3 is 10.1 Å². The second-order valence-electron chi connectivity index (χ2n) is 7.38. The molecule has 2 bridgehead atoms. The van der Waals surface area contributed by atoms with E-state index in [1.54, 1.807) is 11.3 Å². The van der Waals surface area contributed by atoms with Gasteiger partial charge in [0.25, 0.3) is 0 Å². The second kappa shape index (κ2) is 4.93. The number of fused-ring (bicyclic) bond motifs is 1. The number of carbonyl (C=O) groups is 1. The Kier molecular flexibility index (Phi) is 3.01. The summed E-state index contributed by atoms with van der Waals surface area (Å²) < 4.78 is 5.35. The summed E-state index contributed by atoms with van der Waals surface area (Å²) in [6, 6.07) is 11.0. The summed E-state index contributed by atoms with van der Waals surface area (Å²) in [6.45, 7) is 1.62. The Morgan fingerprint density at radius 3 is 3.00 bits per heavy atom. The number of hydrogen-bond donors (Lipinski definition) is 1. The monoisotopic (exact) mass is 339 g/mol. The molecule has 1 aliphatic heterocycles. The predicted octanol–water partition coefficient (Wildman–Crippen LogP) is 3.30. The predicted molar refractivity (Wildman–Crippen MR) is 94.3 cm³/mol. The van der Waals surface area contributed by atoms with Crippen molar-refractivity contribution in [2.24, 2.45) is 11.3 Å². The smallest absolute Gasteiger partial charge is 0.314 e. The highest BCUT2D eigenvalue weighted by atomic mass is 32.1. The van der Waals surface area contributed by atoms with Crippen molar-refractivity contribution >= 4 is 17.3 Å². The maximum atomic E-state index is 13.0. The number of benzene rings is 1. The lowest BCUT2D eigenvalue weighted by Crippen LogP contribution is -2.60. The minimum absolute atomic E-state index is 0.0312. The van der Waals surface area contributed by atoms with Crippen molar-refractivity contribution in [2.75, 3.05) is 20.2 Å². The van der Waals surface area contributed by atoms with E-state index in [0.29, 0.717) is 0 Å². The van der Waals surface area contributed by atoms with E-state index in [4.69, 9.17) is 4.74 Å². The van der Waals surface area contributed by atoms with Crippen LogP contribution in [0.2, 0.25) is 0 Å². The van der Waals surface area contributed by atoms with Crippen LogP contribution in [0.4, 0.5) is 0 Å². The van der Waals surface area contributed by atoms with Gasteiger partial charge in [0, 0.05) is 30.3 Å². The van der Waals surface area contributed by atoms with Crippen molar-refractivity contribution in [3.05, 3.63) is 57.8 Å². The molecule has 1 saturated heterocycles. The van der Waals surface area contributed by atoms with Gasteiger partial charge in [0.2, 0.25) is 0 Å². The first kappa shape index (κ1) is 14.7. The van der Waals surface area contributed by atoms with E-state index in [1.165, 1.54) is 23.8 Å². The van der Waals surface area contributed by atoms with Crippen LogP contribution >= 0.6 is 11.3 Å². The zero-order valence-electron chi connectivity index (χ0n) is 13.7. The van der Waals surface area contributed by atoms with Gasteiger partial charge in [0.05, 0.1) is 12.5 Å². The molecule has 4 aliphatic rings. The number of methoxy groups -OCH3 is 1. The van der Waals surface area contributed by atoms with Crippen LogP contribution in [0.5, 0.6) is 0 Å². The number of hydrogen-bond acceptors (Lipinski definition) is 4. The van der Waals surface area contributed by atoms with Crippen molar-refractivity contribution in [1.29, 1.82) is 0 Å². The van der Waals surface area contributed by atoms with E-state index in [0.717, 1.165) is 25.9 Å². The molecule has 2 aromatic rings. The van der Waals surface area contributed by atoms with Crippen molar-refractivity contribution in [3.8, 4) is 0 Å². The summed E-state index contributed by atoms with van der Waals surface area (Å²) in [5.74, 6) is 0.499. The molecule has 124 valence electrons. The molecule has 1 saturated carbocycles. The minimum atomic E-state index is -0.427. The summed E-state index contributed by atoms with van der Waals surface area (Å²) >= 11 is 1.75. The third-order valence-corrected chi connectivity index (χ3v) is 7.53. The molecule has 0 spiro atoms. The van der Waals surface area contributed by atoms with Crippen LogP contribution in [0, 0.1) is 11.3 Å². The van der Waals surface area contributed by atoms with Gasteiger partial charge in [0.1, 0.15) is 0 Å². The number of esters is 1. The Hall–Kier alpha value is -1.65. The van der Waals surface area contributed by atoms with Gasteiger partial charge in [0.15, 0.2) is 0 Å². The quantitative estimate of drug-likeness (QED) is 0.853. The van der Waals surface area contributed by atoms with E-state index in [2.05, 4.69) is 46.4 Å². The summed E-state index contributed by atoms with van der Waals surface area (Å²) in [5, 5.41) is 7.99. The first-order valence-electron chi connectivity index (χ1n) is 8.66. The first-order chi connectivity index (χ1) is 11.7. The maximum absolute atomic E-state index is 13.0. The molecule has 1 N–H and O–H groups in total. The van der Waals surface area contributed by atoms with Crippen LogP contribution in [0.1, 0.15) is 35.4 Å². The van der Waals surface area contributed by atoms with Gasteiger partial charge in [-0.2, -0.15) is 11.3 Å². The molecule has 24 heavy (non-hydrogen) atoms. The van der Waals surface area contributed by atoms with Crippen molar-refractivity contribution in [1.82, 2.24) is 5.32 Å². The Bertz CT molecular complexity index is 802. The summed E-state index contributed by atoms with van der Waals surface area (Å²) in [6.07, 6.45) is 2.18. The SMILES string of the molecule is COC(=O)C12CNCC1C1(c3ccsc3)CCC2c2ccccc21. The van der Waals surface area contributed by atoms with Crippen LogP contribution in [-0.2, 0) is 14.9 Å². The topological polar surface area (TPSA) is 38.3 Å². The fraction of sp³-hybridized carbons (Fsp3) is 0.450. The lowest BCUT2D eigenvalue weighted by atomic mass is 9.42. The molecule has 6 rings (SSSR count). The van der Waals surface area contributed by atoms with Gasteiger partial charge >= 0.3 is 5.97 Å². The Balaban J connectivity index is 1.85. The molecule has 4 heteroatoms. The van der Waals surface area contributed by atoms with Gasteiger partial charge in [-0.3, -0.25) is 4.79 Å². The third-order valence-electron chi connectivity index (χ3n) is 6.85. The van der Waals surface area contributed by atoms with Crippen molar-refractivity contribution < 1.29 is 9.53 Å². The fourth-order valence-corrected chi connectivity index (χ4v) is 6.78. The van der Waals surface area contributed by atoms with Gasteiger partial charge in [-0.05, 0) is 46.4 Å².